The largest absolute Gasteiger partial charge is 0.492 e. The van der Waals surface area contributed by atoms with E-state index in [1.807, 2.05) is 42.5 Å². The quantitative estimate of drug-likeness (QED) is 0.871. The van der Waals surface area contributed by atoms with Crippen LogP contribution in [-0.4, -0.2) is 12.3 Å². The van der Waals surface area contributed by atoms with Crippen molar-refractivity contribution >= 4 is 17.3 Å². The zero-order valence-electron chi connectivity index (χ0n) is 10.7. The maximum absolute atomic E-state index is 5.95. The number of halogens is 1. The van der Waals surface area contributed by atoms with Crippen LogP contribution in [0.25, 0.3) is 0 Å². The van der Waals surface area contributed by atoms with Gasteiger partial charge in [-0.3, -0.25) is 0 Å². The van der Waals surface area contributed by atoms with Gasteiger partial charge in [0.15, 0.2) is 0 Å². The van der Waals surface area contributed by atoms with Crippen molar-refractivity contribution in [3.05, 3.63) is 64.7 Å². The van der Waals surface area contributed by atoms with Crippen LogP contribution in [0.4, 0.5) is 0 Å². The molecule has 0 saturated heterocycles. The van der Waals surface area contributed by atoms with Gasteiger partial charge in [0, 0.05) is 10.6 Å². The molecule has 0 bridgehead atoms. The molecule has 0 saturated carbocycles. The smallest absolute Gasteiger partial charge is 0.128 e. The molecule has 2 aromatic rings. The van der Waals surface area contributed by atoms with E-state index < -0.39 is 0 Å². The minimum absolute atomic E-state index is 0.149. The van der Waals surface area contributed by atoms with E-state index in [9.17, 15) is 0 Å². The topological polar surface area (TPSA) is 33.6 Å². The number of fused-ring (bicyclic) bond motifs is 3. The van der Waals surface area contributed by atoms with Crippen molar-refractivity contribution < 1.29 is 4.74 Å². The van der Waals surface area contributed by atoms with Crippen molar-refractivity contribution in [1.29, 1.82) is 0 Å². The van der Waals surface area contributed by atoms with Crippen molar-refractivity contribution in [1.82, 2.24) is 5.43 Å². The fourth-order valence-electron chi connectivity index (χ4n) is 2.87. The Balaban J connectivity index is 1.69. The summed E-state index contributed by atoms with van der Waals surface area (Å²) in [4.78, 5) is 0. The first-order valence-corrected chi connectivity index (χ1v) is 7.01. The molecule has 2 aliphatic rings. The fraction of sp³-hybridized carbons (Fsp3) is 0.188. The first-order chi connectivity index (χ1) is 9.83. The molecule has 4 rings (SSSR count). The Labute approximate surface area is 122 Å². The monoisotopic (exact) mass is 284 g/mol. The highest BCUT2D eigenvalue weighted by molar-refractivity contribution is 6.30. The van der Waals surface area contributed by atoms with Crippen LogP contribution in [0, 0.1) is 5.92 Å². The standard InChI is InChI=1S/C16H13ClN2O/c17-11-7-5-10(6-8-11)15-13-9-20-14-4-2-1-3-12(14)16(13)19-18-15/h1-8,13,15,18H,9H2/t13-,15-/m0/s1. The number of nitrogens with zero attached hydrogens (tertiary/aromatic N) is 1. The molecule has 3 nitrogen and oxygen atoms in total. The van der Waals surface area contributed by atoms with Gasteiger partial charge in [-0.2, -0.15) is 5.10 Å². The molecule has 2 aliphatic heterocycles. The van der Waals surface area contributed by atoms with Gasteiger partial charge in [-0.15, -0.1) is 0 Å². The third-order valence-corrected chi connectivity index (χ3v) is 4.14. The van der Waals surface area contributed by atoms with Crippen molar-refractivity contribution in [2.45, 2.75) is 6.04 Å². The van der Waals surface area contributed by atoms with E-state index >= 15 is 0 Å². The number of benzene rings is 2. The van der Waals surface area contributed by atoms with Gasteiger partial charge in [-0.05, 0) is 29.8 Å². The van der Waals surface area contributed by atoms with E-state index in [0.29, 0.717) is 6.61 Å². The average molecular weight is 285 g/mol. The predicted octanol–water partition coefficient (Wildman–Crippen LogP) is 3.40. The van der Waals surface area contributed by atoms with Crippen LogP contribution >= 0.6 is 11.6 Å². The van der Waals surface area contributed by atoms with E-state index in [1.54, 1.807) is 0 Å². The first-order valence-electron chi connectivity index (χ1n) is 6.64. The lowest BCUT2D eigenvalue weighted by Gasteiger charge is -2.26. The van der Waals surface area contributed by atoms with Crippen LogP contribution in [0.5, 0.6) is 5.75 Å². The summed E-state index contributed by atoms with van der Waals surface area (Å²) in [6.45, 7) is 0.649. The zero-order valence-corrected chi connectivity index (χ0v) is 11.5. The summed E-state index contributed by atoms with van der Waals surface area (Å²) in [5, 5.41) is 5.28. The van der Waals surface area contributed by atoms with Gasteiger partial charge in [-0.25, -0.2) is 0 Å². The normalized spacial score (nSPS) is 23.1. The van der Waals surface area contributed by atoms with Gasteiger partial charge in [-0.1, -0.05) is 35.9 Å². The second kappa shape index (κ2) is 4.53. The summed E-state index contributed by atoms with van der Waals surface area (Å²) in [6.07, 6.45) is 0. The van der Waals surface area contributed by atoms with E-state index in [1.165, 1.54) is 5.56 Å². The highest BCUT2D eigenvalue weighted by Gasteiger charge is 2.38. The molecule has 0 fully saturated rings. The average Bonchev–Trinajstić information content (AvgIpc) is 2.92. The Bertz CT molecular complexity index is 681. The van der Waals surface area contributed by atoms with E-state index in [0.717, 1.165) is 22.0 Å². The molecule has 2 aromatic carbocycles. The molecule has 2 heterocycles. The summed E-state index contributed by atoms with van der Waals surface area (Å²) in [7, 11) is 0. The van der Waals surface area contributed by atoms with Gasteiger partial charge < -0.3 is 10.2 Å². The molecular weight excluding hydrogens is 272 g/mol. The molecular formula is C16H13ClN2O. The van der Waals surface area contributed by atoms with E-state index in [-0.39, 0.29) is 12.0 Å². The summed E-state index contributed by atoms with van der Waals surface area (Å²) in [5.41, 5.74) is 6.60. The summed E-state index contributed by atoms with van der Waals surface area (Å²) >= 11 is 5.95. The Morgan fingerprint density at radius 1 is 1.10 bits per heavy atom. The number of hydrogen-bond acceptors (Lipinski definition) is 3. The molecule has 0 amide bonds. The molecule has 0 aliphatic carbocycles. The first kappa shape index (κ1) is 11.8. The van der Waals surface area contributed by atoms with Gasteiger partial charge >= 0.3 is 0 Å². The third-order valence-electron chi connectivity index (χ3n) is 3.89. The number of hydrogen-bond donors (Lipinski definition) is 1. The number of rotatable bonds is 1. The minimum atomic E-state index is 0.149. The number of para-hydroxylation sites is 1. The van der Waals surface area contributed by atoms with Gasteiger partial charge in [0.25, 0.3) is 0 Å². The van der Waals surface area contributed by atoms with Crippen LogP contribution in [0.15, 0.2) is 53.6 Å². The van der Waals surface area contributed by atoms with Crippen molar-refractivity contribution in [3.63, 3.8) is 0 Å². The van der Waals surface area contributed by atoms with Gasteiger partial charge in [0.2, 0.25) is 0 Å². The summed E-state index contributed by atoms with van der Waals surface area (Å²) < 4.78 is 5.87. The molecule has 100 valence electrons. The third kappa shape index (κ3) is 1.78. The molecule has 20 heavy (non-hydrogen) atoms. The van der Waals surface area contributed by atoms with Gasteiger partial charge in [0.1, 0.15) is 5.75 Å². The maximum Gasteiger partial charge on any atom is 0.128 e. The van der Waals surface area contributed by atoms with Crippen molar-refractivity contribution in [2.24, 2.45) is 11.0 Å². The lowest BCUT2D eigenvalue weighted by Crippen LogP contribution is -2.31. The number of ether oxygens (including phenoxy) is 1. The number of nitrogens with one attached hydrogen (secondary N) is 1. The van der Waals surface area contributed by atoms with E-state index in [4.69, 9.17) is 16.3 Å². The minimum Gasteiger partial charge on any atom is -0.492 e. The van der Waals surface area contributed by atoms with Crippen LogP contribution in [0.2, 0.25) is 5.02 Å². The highest BCUT2D eigenvalue weighted by Crippen LogP contribution is 2.37. The SMILES string of the molecule is Clc1ccc([C@@H]2NN=C3c4ccccc4OC[C@H]32)cc1. The van der Waals surface area contributed by atoms with Crippen LogP contribution in [-0.2, 0) is 0 Å². The Hall–Kier alpha value is -2.00. The molecule has 1 N–H and O–H groups in total. The fourth-order valence-corrected chi connectivity index (χ4v) is 2.99. The van der Waals surface area contributed by atoms with Crippen molar-refractivity contribution in [2.75, 3.05) is 6.61 Å². The van der Waals surface area contributed by atoms with Crippen molar-refractivity contribution in [3.8, 4) is 5.75 Å². The Kier molecular flexibility index (Phi) is 2.67. The molecule has 0 radical (unpaired) electrons. The van der Waals surface area contributed by atoms with Crippen LogP contribution in [0.3, 0.4) is 0 Å². The second-order valence-corrected chi connectivity index (χ2v) is 5.51. The van der Waals surface area contributed by atoms with Crippen LogP contribution in [0.1, 0.15) is 17.2 Å². The summed E-state index contributed by atoms with van der Waals surface area (Å²) in [6, 6.07) is 16.1. The van der Waals surface area contributed by atoms with Crippen LogP contribution < -0.4 is 10.2 Å². The predicted molar refractivity (Wildman–Crippen MR) is 79.3 cm³/mol. The second-order valence-electron chi connectivity index (χ2n) is 5.07. The number of hydrazone groups is 1. The lowest BCUT2D eigenvalue weighted by atomic mass is 9.86. The zero-order chi connectivity index (χ0) is 13.5. The van der Waals surface area contributed by atoms with Gasteiger partial charge in [0.05, 0.1) is 24.3 Å². The van der Waals surface area contributed by atoms with E-state index in [2.05, 4.69) is 16.6 Å². The molecule has 0 unspecified atom stereocenters. The summed E-state index contributed by atoms with van der Waals surface area (Å²) in [5.74, 6) is 1.16. The Morgan fingerprint density at radius 3 is 2.75 bits per heavy atom. The Morgan fingerprint density at radius 2 is 1.90 bits per heavy atom. The maximum atomic E-state index is 5.95. The highest BCUT2D eigenvalue weighted by atomic mass is 35.5. The molecule has 4 heteroatoms. The lowest BCUT2D eigenvalue weighted by molar-refractivity contribution is 0.254. The molecule has 0 aromatic heterocycles. The molecule has 2 atom stereocenters. The molecule has 0 spiro atoms.